The fourth-order valence-corrected chi connectivity index (χ4v) is 2.98. The lowest BCUT2D eigenvalue weighted by molar-refractivity contribution is -0.0243. The van der Waals surface area contributed by atoms with Crippen molar-refractivity contribution in [3.05, 3.63) is 0 Å². The van der Waals surface area contributed by atoms with Gasteiger partial charge >= 0.3 is 0 Å². The van der Waals surface area contributed by atoms with Gasteiger partial charge in [-0.3, -0.25) is 0 Å². The Hall–Kier alpha value is 0.370. The van der Waals surface area contributed by atoms with Crippen LogP contribution in [-0.4, -0.2) is 124 Å². The number of hydrogen-bond acceptors (Lipinski definition) is 9. The molecule has 0 N–H and O–H groups in total. The van der Waals surface area contributed by atoms with Crippen LogP contribution in [0.5, 0.6) is 0 Å². The molecule has 0 bridgehead atoms. The second kappa shape index (κ2) is 32.4. The van der Waals surface area contributed by atoms with Gasteiger partial charge in [-0.05, 0) is 17.3 Å². The van der Waals surface area contributed by atoms with Gasteiger partial charge < -0.3 is 42.6 Å². The summed E-state index contributed by atoms with van der Waals surface area (Å²) in [6.45, 7) is 9.94. The zero-order valence-electron chi connectivity index (χ0n) is 20.6. The van der Waals surface area contributed by atoms with Gasteiger partial charge in [0, 0.05) is 13.7 Å². The van der Waals surface area contributed by atoms with Gasteiger partial charge in [-0.1, -0.05) is 35.4 Å². The summed E-state index contributed by atoms with van der Waals surface area (Å²) in [5.41, 5.74) is 0. The molecule has 200 valence electrons. The molecule has 0 aromatic carbocycles. The second-order valence-corrected chi connectivity index (χ2v) is 8.07. The Bertz CT molecular complexity index is 311. The summed E-state index contributed by atoms with van der Waals surface area (Å²) in [6.07, 6.45) is 5.00. The predicted octanol–water partition coefficient (Wildman–Crippen LogP) is 2.76. The maximum absolute atomic E-state index is 5.54. The number of methoxy groups -OCH3 is 1. The van der Waals surface area contributed by atoms with Crippen molar-refractivity contribution in [2.75, 3.05) is 124 Å². The van der Waals surface area contributed by atoms with Gasteiger partial charge in [-0.15, -0.1) is 0 Å². The second-order valence-electron chi connectivity index (χ2n) is 6.99. The van der Waals surface area contributed by atoms with E-state index in [1.165, 1.54) is 23.7 Å². The molecule has 0 aromatic rings. The molecule has 0 saturated carbocycles. The molecule has 0 aliphatic rings. The third-order valence-corrected chi connectivity index (χ3v) is 4.97. The fraction of sp³-hybridized carbons (Fsp3) is 1.00. The average molecular weight is 595 g/mol. The highest BCUT2D eigenvalue weighted by Crippen LogP contribution is 2.02. The molecule has 0 fully saturated rings. The van der Waals surface area contributed by atoms with Gasteiger partial charge in [0.1, 0.15) is 0 Å². The Morgan fingerprint density at radius 2 is 0.606 bits per heavy atom. The Kier molecular flexibility index (Phi) is 32.7. The summed E-state index contributed by atoms with van der Waals surface area (Å²) >= 11 is 2.42. The minimum atomic E-state index is 0.541. The van der Waals surface area contributed by atoms with Crippen LogP contribution in [0.1, 0.15) is 25.7 Å². The summed E-state index contributed by atoms with van der Waals surface area (Å²) in [6, 6.07) is 0. The topological polar surface area (TPSA) is 83.1 Å². The summed E-state index contributed by atoms with van der Waals surface area (Å²) in [5, 5.41) is 0. The molecule has 0 radical (unpaired) electrons. The maximum atomic E-state index is 5.54. The molecule has 0 rings (SSSR count). The van der Waals surface area contributed by atoms with Gasteiger partial charge in [-0.25, -0.2) is 0 Å². The van der Waals surface area contributed by atoms with Crippen molar-refractivity contribution < 1.29 is 42.6 Å². The number of hydrogen-bond donors (Lipinski definition) is 0. The third kappa shape index (κ3) is 32.4. The highest BCUT2D eigenvalue weighted by Gasteiger charge is 1.95. The molecular formula is C23H47IO9. The Balaban J connectivity index is 2.99. The first kappa shape index (κ1) is 33.4. The first-order valence-electron chi connectivity index (χ1n) is 12.1. The number of rotatable bonds is 30. The minimum absolute atomic E-state index is 0.541. The zero-order chi connectivity index (χ0) is 23.9. The number of ether oxygens (including phenoxy) is 9. The Morgan fingerprint density at radius 3 is 0.909 bits per heavy atom. The number of halogens is 1. The van der Waals surface area contributed by atoms with Crippen molar-refractivity contribution in [2.24, 2.45) is 0 Å². The first-order valence-corrected chi connectivity index (χ1v) is 13.6. The molecule has 0 aliphatic heterocycles. The lowest BCUT2D eigenvalue weighted by atomic mass is 10.2. The monoisotopic (exact) mass is 594 g/mol. The molecule has 0 heterocycles. The van der Waals surface area contributed by atoms with Crippen LogP contribution in [0.2, 0.25) is 0 Å². The van der Waals surface area contributed by atoms with E-state index >= 15 is 0 Å². The van der Waals surface area contributed by atoms with E-state index in [-0.39, 0.29) is 0 Å². The van der Waals surface area contributed by atoms with Crippen LogP contribution in [0.3, 0.4) is 0 Å². The third-order valence-electron chi connectivity index (χ3n) is 4.21. The van der Waals surface area contributed by atoms with E-state index in [0.717, 1.165) is 13.0 Å². The van der Waals surface area contributed by atoms with Crippen LogP contribution in [0.15, 0.2) is 0 Å². The molecular weight excluding hydrogens is 547 g/mol. The fourth-order valence-electron chi connectivity index (χ4n) is 2.44. The van der Waals surface area contributed by atoms with E-state index in [2.05, 4.69) is 22.6 Å². The summed E-state index contributed by atoms with van der Waals surface area (Å²) < 4.78 is 49.6. The van der Waals surface area contributed by atoms with Gasteiger partial charge in [0.2, 0.25) is 0 Å². The van der Waals surface area contributed by atoms with Crippen molar-refractivity contribution in [3.8, 4) is 0 Å². The summed E-state index contributed by atoms with van der Waals surface area (Å²) in [7, 11) is 1.65. The standard InChI is InChI=1S/C23H47IO9/c1-25-8-9-27-12-13-29-16-17-31-20-21-33-23-22-32-19-18-30-15-14-28-11-10-26-7-5-3-2-4-6-24/h2-23H2,1H3. The Morgan fingerprint density at radius 1 is 0.333 bits per heavy atom. The lowest BCUT2D eigenvalue weighted by Gasteiger charge is -2.08. The number of unbranched alkanes of at least 4 members (excludes halogenated alkanes) is 3. The summed E-state index contributed by atoms with van der Waals surface area (Å²) in [5.74, 6) is 0. The number of alkyl halides is 1. The van der Waals surface area contributed by atoms with Crippen LogP contribution in [0, 0.1) is 0 Å². The van der Waals surface area contributed by atoms with E-state index in [0.29, 0.717) is 106 Å². The van der Waals surface area contributed by atoms with E-state index in [1.54, 1.807) is 7.11 Å². The molecule has 0 amide bonds. The maximum Gasteiger partial charge on any atom is 0.0701 e. The smallest absolute Gasteiger partial charge is 0.0701 e. The highest BCUT2D eigenvalue weighted by atomic mass is 127. The van der Waals surface area contributed by atoms with Crippen LogP contribution in [-0.2, 0) is 42.6 Å². The van der Waals surface area contributed by atoms with E-state index < -0.39 is 0 Å². The lowest BCUT2D eigenvalue weighted by Crippen LogP contribution is -2.15. The molecule has 0 aromatic heterocycles. The normalized spacial score (nSPS) is 11.5. The first-order chi connectivity index (χ1) is 16.4. The highest BCUT2D eigenvalue weighted by molar-refractivity contribution is 14.1. The molecule has 0 unspecified atom stereocenters. The average Bonchev–Trinajstić information content (AvgIpc) is 2.83. The van der Waals surface area contributed by atoms with E-state index in [9.17, 15) is 0 Å². The van der Waals surface area contributed by atoms with Crippen molar-refractivity contribution in [1.29, 1.82) is 0 Å². The molecule has 9 nitrogen and oxygen atoms in total. The van der Waals surface area contributed by atoms with Crippen LogP contribution in [0.4, 0.5) is 0 Å². The Labute approximate surface area is 214 Å². The summed E-state index contributed by atoms with van der Waals surface area (Å²) in [4.78, 5) is 0. The molecule has 33 heavy (non-hydrogen) atoms. The quantitative estimate of drug-likeness (QED) is 0.0709. The van der Waals surface area contributed by atoms with Crippen LogP contribution < -0.4 is 0 Å². The van der Waals surface area contributed by atoms with E-state index in [4.69, 9.17) is 42.6 Å². The SMILES string of the molecule is COCCOCCOCCOCCOCCOCCOCCOCCOCCCCCCI. The van der Waals surface area contributed by atoms with Crippen LogP contribution in [0.25, 0.3) is 0 Å². The van der Waals surface area contributed by atoms with Crippen molar-refractivity contribution >= 4 is 22.6 Å². The molecule has 0 saturated heterocycles. The molecule has 0 atom stereocenters. The zero-order valence-corrected chi connectivity index (χ0v) is 22.8. The van der Waals surface area contributed by atoms with Gasteiger partial charge in [0.25, 0.3) is 0 Å². The van der Waals surface area contributed by atoms with E-state index in [1.807, 2.05) is 0 Å². The van der Waals surface area contributed by atoms with Crippen LogP contribution >= 0.6 is 22.6 Å². The largest absolute Gasteiger partial charge is 0.382 e. The van der Waals surface area contributed by atoms with Crippen molar-refractivity contribution in [1.82, 2.24) is 0 Å². The van der Waals surface area contributed by atoms with Crippen molar-refractivity contribution in [2.45, 2.75) is 25.7 Å². The van der Waals surface area contributed by atoms with Gasteiger partial charge in [0.05, 0.1) is 106 Å². The van der Waals surface area contributed by atoms with Gasteiger partial charge in [0.15, 0.2) is 0 Å². The van der Waals surface area contributed by atoms with Crippen molar-refractivity contribution in [3.63, 3.8) is 0 Å². The molecule has 0 aliphatic carbocycles. The molecule has 0 spiro atoms. The van der Waals surface area contributed by atoms with Gasteiger partial charge in [-0.2, -0.15) is 0 Å². The molecule has 10 heteroatoms. The predicted molar refractivity (Wildman–Crippen MR) is 136 cm³/mol. The minimum Gasteiger partial charge on any atom is -0.382 e.